The van der Waals surface area contributed by atoms with Crippen LogP contribution >= 0.6 is 0 Å². The van der Waals surface area contributed by atoms with Crippen molar-refractivity contribution in [2.24, 2.45) is 17.8 Å². The van der Waals surface area contributed by atoms with Gasteiger partial charge >= 0.3 is 0 Å². The lowest BCUT2D eigenvalue weighted by atomic mass is 9.73. The van der Waals surface area contributed by atoms with E-state index in [1.807, 2.05) is 12.1 Å². The number of carbonyl (C=O) groups excluding carboxylic acids is 1. The lowest BCUT2D eigenvalue weighted by Crippen LogP contribution is -2.30. The Labute approximate surface area is 167 Å². The predicted octanol–water partition coefficient (Wildman–Crippen LogP) is 2.25. The molecule has 0 radical (unpaired) electrons. The third-order valence-electron chi connectivity index (χ3n) is 6.67. The van der Waals surface area contributed by atoms with Crippen molar-refractivity contribution in [3.8, 4) is 5.75 Å². The Morgan fingerprint density at radius 2 is 2.11 bits per heavy atom. The topological polar surface area (TPSA) is 89.8 Å². The summed E-state index contributed by atoms with van der Waals surface area (Å²) in [5, 5.41) is 31.7. The van der Waals surface area contributed by atoms with Gasteiger partial charge < -0.3 is 24.9 Å². The van der Waals surface area contributed by atoms with Gasteiger partial charge in [0.2, 0.25) is 0 Å². The summed E-state index contributed by atoms with van der Waals surface area (Å²) in [6.45, 7) is 1.73. The van der Waals surface area contributed by atoms with Crippen LogP contribution in [0.3, 0.4) is 0 Å². The minimum atomic E-state index is -1.22. The van der Waals surface area contributed by atoms with Crippen LogP contribution in [0, 0.1) is 17.8 Å². The lowest BCUT2D eigenvalue weighted by Gasteiger charge is -2.32. The number of unbranched alkanes of at least 4 members (excludes halogenated alkanes) is 2. The largest absolute Gasteiger partial charge is 0.546 e. The number of aliphatic hydroxyl groups is 2. The van der Waals surface area contributed by atoms with Crippen LogP contribution in [0.2, 0.25) is 0 Å². The summed E-state index contributed by atoms with van der Waals surface area (Å²) in [5.41, 5.74) is 2.28. The van der Waals surface area contributed by atoms with Crippen molar-refractivity contribution >= 4 is 5.97 Å². The molecule has 3 rings (SSSR count). The summed E-state index contributed by atoms with van der Waals surface area (Å²) in [7, 11) is 0. The fraction of sp³-hybridized carbons (Fsp3) is 0.696. The van der Waals surface area contributed by atoms with Crippen LogP contribution in [0.4, 0.5) is 0 Å². The summed E-state index contributed by atoms with van der Waals surface area (Å²) in [4.78, 5) is 10.7. The SMILES string of the molecule is CCCCC[C@H](O)CC[C@H]1C(O)C[C@@H]2Cc3c(cccc3OCC(=O)[O-])C[C@@H]21. The number of hydrogen-bond donors (Lipinski definition) is 2. The Kier molecular flexibility index (Phi) is 7.36. The summed E-state index contributed by atoms with van der Waals surface area (Å²) >= 11 is 0. The first kappa shape index (κ1) is 21.1. The van der Waals surface area contributed by atoms with Gasteiger partial charge in [0, 0.05) is 0 Å². The molecule has 0 aliphatic heterocycles. The van der Waals surface area contributed by atoms with Crippen molar-refractivity contribution in [3.05, 3.63) is 29.3 Å². The van der Waals surface area contributed by atoms with Gasteiger partial charge in [0.15, 0.2) is 0 Å². The van der Waals surface area contributed by atoms with E-state index in [-0.39, 0.29) is 18.1 Å². The maximum Gasteiger partial charge on any atom is 0.128 e. The molecule has 1 fully saturated rings. The van der Waals surface area contributed by atoms with Crippen LogP contribution in [0.1, 0.15) is 63.0 Å². The molecular weight excluding hydrogens is 356 g/mol. The third kappa shape index (κ3) is 5.06. The molecule has 0 spiro atoms. The molecule has 0 saturated heterocycles. The number of rotatable bonds is 10. The second-order valence-corrected chi connectivity index (χ2v) is 8.58. The molecule has 5 atom stereocenters. The Hall–Kier alpha value is -1.59. The zero-order valence-electron chi connectivity index (χ0n) is 16.8. The number of benzene rings is 1. The maximum absolute atomic E-state index is 10.7. The minimum Gasteiger partial charge on any atom is -0.546 e. The van der Waals surface area contributed by atoms with E-state index in [4.69, 9.17) is 4.74 Å². The van der Waals surface area contributed by atoms with E-state index in [0.29, 0.717) is 17.6 Å². The second-order valence-electron chi connectivity index (χ2n) is 8.58. The normalized spacial score (nSPS) is 27.1. The molecule has 2 aliphatic carbocycles. The monoisotopic (exact) mass is 389 g/mol. The van der Waals surface area contributed by atoms with E-state index in [9.17, 15) is 20.1 Å². The fourth-order valence-corrected chi connectivity index (χ4v) is 5.24. The maximum atomic E-state index is 10.7. The molecule has 1 unspecified atom stereocenters. The zero-order valence-corrected chi connectivity index (χ0v) is 16.8. The first-order valence-electron chi connectivity index (χ1n) is 10.8. The predicted molar refractivity (Wildman–Crippen MR) is 105 cm³/mol. The number of hydrogen-bond acceptors (Lipinski definition) is 5. The van der Waals surface area contributed by atoms with Gasteiger partial charge in [-0.05, 0) is 73.5 Å². The number of ether oxygens (including phenoxy) is 1. The van der Waals surface area contributed by atoms with Gasteiger partial charge in [0.05, 0.1) is 18.2 Å². The van der Waals surface area contributed by atoms with Gasteiger partial charge in [-0.15, -0.1) is 0 Å². The van der Waals surface area contributed by atoms with Gasteiger partial charge in [-0.3, -0.25) is 0 Å². The van der Waals surface area contributed by atoms with E-state index in [1.54, 1.807) is 0 Å². The van der Waals surface area contributed by atoms with Crippen LogP contribution in [0.15, 0.2) is 18.2 Å². The molecule has 0 amide bonds. The van der Waals surface area contributed by atoms with Crippen LogP contribution in [-0.4, -0.2) is 35.0 Å². The number of carbonyl (C=O) groups is 1. The standard InChI is InChI=1S/C23H34O5/c1-2-3-4-7-17(24)9-10-18-19-11-15-6-5-8-22(28-14-23(26)27)20(15)12-16(19)13-21(18)25/h5-6,8,16-19,21,24-25H,2-4,7,9-14H2,1H3,(H,26,27)/p-1/t16-,17-,18+,19-,21?/m0/s1. The van der Waals surface area contributed by atoms with Gasteiger partial charge in [-0.1, -0.05) is 38.3 Å². The van der Waals surface area contributed by atoms with Crippen LogP contribution in [0.25, 0.3) is 0 Å². The van der Waals surface area contributed by atoms with Crippen molar-refractivity contribution < 1.29 is 24.9 Å². The Balaban J connectivity index is 1.62. The van der Waals surface area contributed by atoms with E-state index in [0.717, 1.165) is 63.4 Å². The minimum absolute atomic E-state index is 0.228. The summed E-state index contributed by atoms with van der Waals surface area (Å²) in [6, 6.07) is 5.80. The average Bonchev–Trinajstić information content (AvgIpc) is 2.97. The van der Waals surface area contributed by atoms with E-state index in [2.05, 4.69) is 13.0 Å². The smallest absolute Gasteiger partial charge is 0.128 e. The van der Waals surface area contributed by atoms with Crippen molar-refractivity contribution in [1.82, 2.24) is 0 Å². The molecule has 1 aromatic rings. The van der Waals surface area contributed by atoms with Crippen LogP contribution in [-0.2, 0) is 17.6 Å². The molecule has 2 N–H and O–H groups in total. The second kappa shape index (κ2) is 9.75. The van der Waals surface area contributed by atoms with Crippen molar-refractivity contribution in [2.45, 2.75) is 76.9 Å². The molecule has 0 bridgehead atoms. The van der Waals surface area contributed by atoms with E-state index in [1.165, 1.54) is 5.56 Å². The average molecular weight is 390 g/mol. The van der Waals surface area contributed by atoms with Crippen LogP contribution < -0.4 is 9.84 Å². The first-order chi connectivity index (χ1) is 13.5. The summed E-state index contributed by atoms with van der Waals surface area (Å²) < 4.78 is 5.44. The van der Waals surface area contributed by atoms with Gasteiger partial charge in [-0.25, -0.2) is 0 Å². The quantitative estimate of drug-likeness (QED) is 0.599. The Morgan fingerprint density at radius 3 is 2.86 bits per heavy atom. The number of aliphatic hydroxyl groups excluding tert-OH is 2. The zero-order chi connectivity index (χ0) is 20.1. The van der Waals surface area contributed by atoms with Crippen LogP contribution in [0.5, 0.6) is 5.75 Å². The summed E-state index contributed by atoms with van der Waals surface area (Å²) in [5.74, 6) is 0.440. The molecule has 0 heterocycles. The molecule has 5 nitrogen and oxygen atoms in total. The fourth-order valence-electron chi connectivity index (χ4n) is 5.24. The number of carboxylic acids is 1. The number of fused-ring (bicyclic) bond motifs is 2. The highest BCUT2D eigenvalue weighted by Gasteiger charge is 2.44. The first-order valence-corrected chi connectivity index (χ1v) is 10.8. The highest BCUT2D eigenvalue weighted by molar-refractivity contribution is 5.66. The molecule has 5 heteroatoms. The number of aliphatic carboxylic acids is 1. The molecule has 28 heavy (non-hydrogen) atoms. The van der Waals surface area contributed by atoms with Crippen molar-refractivity contribution in [3.63, 3.8) is 0 Å². The Bertz CT molecular complexity index is 658. The van der Waals surface area contributed by atoms with E-state index < -0.39 is 12.6 Å². The molecule has 1 saturated carbocycles. The highest BCUT2D eigenvalue weighted by atomic mass is 16.5. The third-order valence-corrected chi connectivity index (χ3v) is 6.67. The molecule has 0 aromatic heterocycles. The van der Waals surface area contributed by atoms with Crippen molar-refractivity contribution in [2.75, 3.05) is 6.61 Å². The summed E-state index contributed by atoms with van der Waals surface area (Å²) in [6.07, 6.45) is 7.76. The van der Waals surface area contributed by atoms with Gasteiger partial charge in [0.25, 0.3) is 0 Å². The van der Waals surface area contributed by atoms with Gasteiger partial charge in [0.1, 0.15) is 12.4 Å². The van der Waals surface area contributed by atoms with Gasteiger partial charge in [-0.2, -0.15) is 0 Å². The van der Waals surface area contributed by atoms with E-state index >= 15 is 0 Å². The highest BCUT2D eigenvalue weighted by Crippen LogP contribution is 2.48. The molecule has 1 aromatic carbocycles. The number of carboxylic acid groups (broad SMARTS) is 1. The molecule has 2 aliphatic rings. The van der Waals surface area contributed by atoms with Crippen molar-refractivity contribution in [1.29, 1.82) is 0 Å². The molecule has 156 valence electrons. The Morgan fingerprint density at radius 1 is 1.29 bits per heavy atom. The molecular formula is C23H33O5-. The lowest BCUT2D eigenvalue weighted by molar-refractivity contribution is -0.307.